The molecule has 1 amide bonds. The lowest BCUT2D eigenvalue weighted by Gasteiger charge is -2.09. The summed E-state index contributed by atoms with van der Waals surface area (Å²) >= 11 is 0. The zero-order valence-corrected chi connectivity index (χ0v) is 15.4. The van der Waals surface area contributed by atoms with Crippen LogP contribution in [0.1, 0.15) is 16.2 Å². The van der Waals surface area contributed by atoms with E-state index < -0.39 is 11.9 Å². The average molecular weight is 378 g/mol. The normalized spacial score (nSPS) is 11.3. The highest BCUT2D eigenvalue weighted by Crippen LogP contribution is 2.31. The number of amides is 1. The summed E-state index contributed by atoms with van der Waals surface area (Å²) in [6, 6.07) is 15.9. The Bertz CT molecular complexity index is 995. The lowest BCUT2D eigenvalue weighted by atomic mass is 10.1. The number of carbonyl (C=O) groups excluding carboxylic acids is 1. The Labute approximate surface area is 161 Å². The van der Waals surface area contributed by atoms with Crippen LogP contribution in [0.15, 0.2) is 53.1 Å². The van der Waals surface area contributed by atoms with Gasteiger partial charge in [-0.3, -0.25) is 4.79 Å². The van der Waals surface area contributed by atoms with E-state index in [1.54, 1.807) is 18.2 Å². The molecular weight excluding hydrogens is 360 g/mol. The molecule has 0 aliphatic rings. The van der Waals surface area contributed by atoms with Crippen molar-refractivity contribution >= 4 is 5.91 Å². The van der Waals surface area contributed by atoms with E-state index >= 15 is 0 Å². The Hall–Kier alpha value is -3.86. The third-order valence-corrected chi connectivity index (χ3v) is 4.01. The molecule has 1 N–H and O–H groups in total. The molecule has 142 valence electrons. The third kappa shape index (κ3) is 4.27. The van der Waals surface area contributed by atoms with Gasteiger partial charge in [0.15, 0.2) is 11.5 Å². The minimum absolute atomic E-state index is 0.224. The van der Waals surface area contributed by atoms with Crippen LogP contribution in [0.25, 0.3) is 11.4 Å². The van der Waals surface area contributed by atoms with Gasteiger partial charge in [0.2, 0.25) is 5.82 Å². The monoisotopic (exact) mass is 378 g/mol. The van der Waals surface area contributed by atoms with Gasteiger partial charge in [0, 0.05) is 12.0 Å². The lowest BCUT2D eigenvalue weighted by Crippen LogP contribution is -2.35. The van der Waals surface area contributed by atoms with Gasteiger partial charge < -0.3 is 19.3 Å². The maximum atomic E-state index is 12.4. The van der Waals surface area contributed by atoms with E-state index in [4.69, 9.17) is 14.0 Å². The Morgan fingerprint density at radius 2 is 1.93 bits per heavy atom. The lowest BCUT2D eigenvalue weighted by molar-refractivity contribution is 0.0901. The number of nitrogens with zero attached hydrogens (tertiary/aromatic N) is 3. The van der Waals surface area contributed by atoms with E-state index in [0.29, 0.717) is 23.5 Å². The Morgan fingerprint density at radius 1 is 1.18 bits per heavy atom. The number of ether oxygens (including phenoxy) is 2. The molecule has 0 radical (unpaired) electrons. The molecule has 0 bridgehead atoms. The summed E-state index contributed by atoms with van der Waals surface area (Å²) in [5.41, 5.74) is 1.53. The van der Waals surface area contributed by atoms with Crippen molar-refractivity contribution in [3.63, 3.8) is 0 Å². The van der Waals surface area contributed by atoms with Crippen LogP contribution in [0, 0.1) is 11.3 Å². The first-order valence-electron chi connectivity index (χ1n) is 8.45. The minimum Gasteiger partial charge on any atom is -0.493 e. The van der Waals surface area contributed by atoms with Crippen LogP contribution in [0.2, 0.25) is 0 Å². The van der Waals surface area contributed by atoms with E-state index in [1.807, 2.05) is 30.3 Å². The number of aromatic nitrogens is 2. The Morgan fingerprint density at radius 3 is 2.61 bits per heavy atom. The van der Waals surface area contributed by atoms with Crippen LogP contribution in [0.4, 0.5) is 0 Å². The second-order valence-electron chi connectivity index (χ2n) is 5.84. The van der Waals surface area contributed by atoms with Crippen LogP contribution < -0.4 is 14.8 Å². The maximum absolute atomic E-state index is 12.4. The molecule has 2 aromatic carbocycles. The van der Waals surface area contributed by atoms with Crippen molar-refractivity contribution in [2.24, 2.45) is 0 Å². The summed E-state index contributed by atoms with van der Waals surface area (Å²) in [7, 11) is 3.06. The van der Waals surface area contributed by atoms with Gasteiger partial charge >= 0.3 is 11.8 Å². The SMILES string of the molecule is COc1ccc(-c2noc(C(=O)NC(C#N)Cc3ccccc3)n2)cc1OC. The molecule has 0 aliphatic heterocycles. The number of rotatable bonds is 7. The summed E-state index contributed by atoms with van der Waals surface area (Å²) in [4.78, 5) is 16.5. The van der Waals surface area contributed by atoms with Crippen LogP contribution in [-0.4, -0.2) is 36.3 Å². The first-order valence-corrected chi connectivity index (χ1v) is 8.45. The quantitative estimate of drug-likeness (QED) is 0.673. The number of benzene rings is 2. The predicted octanol–water partition coefficient (Wildman–Crippen LogP) is 2.62. The molecule has 1 atom stereocenters. The molecule has 3 aromatic rings. The number of nitrogens with one attached hydrogen (secondary N) is 1. The standard InChI is InChI=1S/C20H18N4O4/c1-26-16-9-8-14(11-17(16)27-2)18-23-20(28-24-18)19(25)22-15(12-21)10-13-6-4-3-5-7-13/h3-9,11,15H,10H2,1-2H3,(H,22,25). The molecular formula is C20H18N4O4. The molecule has 0 saturated heterocycles. The highest BCUT2D eigenvalue weighted by atomic mass is 16.5. The summed E-state index contributed by atoms with van der Waals surface area (Å²) in [6.45, 7) is 0. The average Bonchev–Trinajstić information content (AvgIpc) is 3.24. The number of carbonyl (C=O) groups is 1. The fraction of sp³-hybridized carbons (Fsp3) is 0.200. The summed E-state index contributed by atoms with van der Waals surface area (Å²) in [5.74, 6) is 0.455. The van der Waals surface area contributed by atoms with Crippen LogP contribution in [0.3, 0.4) is 0 Å². The Kier molecular flexibility index (Phi) is 5.87. The van der Waals surface area contributed by atoms with Crippen LogP contribution in [0.5, 0.6) is 11.5 Å². The molecule has 0 saturated carbocycles. The first kappa shape index (κ1) is 18.9. The largest absolute Gasteiger partial charge is 0.493 e. The highest BCUT2D eigenvalue weighted by molar-refractivity contribution is 5.90. The van der Waals surface area contributed by atoms with E-state index in [2.05, 4.69) is 21.5 Å². The van der Waals surface area contributed by atoms with Gasteiger partial charge in [0.05, 0.1) is 20.3 Å². The summed E-state index contributed by atoms with van der Waals surface area (Å²) in [5, 5.41) is 15.7. The summed E-state index contributed by atoms with van der Waals surface area (Å²) in [6.07, 6.45) is 0.375. The summed E-state index contributed by atoms with van der Waals surface area (Å²) < 4.78 is 15.5. The topological polar surface area (TPSA) is 110 Å². The number of hydrogen-bond donors (Lipinski definition) is 1. The smallest absolute Gasteiger partial charge is 0.316 e. The zero-order chi connectivity index (χ0) is 19.9. The zero-order valence-electron chi connectivity index (χ0n) is 15.4. The number of hydrogen-bond acceptors (Lipinski definition) is 7. The molecule has 1 unspecified atom stereocenters. The maximum Gasteiger partial charge on any atom is 0.316 e. The van der Waals surface area contributed by atoms with Crippen molar-refractivity contribution in [1.29, 1.82) is 5.26 Å². The second kappa shape index (κ2) is 8.68. The second-order valence-corrected chi connectivity index (χ2v) is 5.84. The number of nitriles is 1. The van der Waals surface area contributed by atoms with Crippen molar-refractivity contribution in [1.82, 2.24) is 15.5 Å². The van der Waals surface area contributed by atoms with Crippen molar-refractivity contribution in [3.05, 3.63) is 60.0 Å². The molecule has 8 heteroatoms. The molecule has 1 aromatic heterocycles. The van der Waals surface area contributed by atoms with Crippen LogP contribution >= 0.6 is 0 Å². The van der Waals surface area contributed by atoms with Crippen molar-refractivity contribution in [3.8, 4) is 29.0 Å². The van der Waals surface area contributed by atoms with Gasteiger partial charge in [0.25, 0.3) is 0 Å². The number of methoxy groups -OCH3 is 2. The first-order chi connectivity index (χ1) is 13.6. The molecule has 28 heavy (non-hydrogen) atoms. The molecule has 0 aliphatic carbocycles. The van der Waals surface area contributed by atoms with Gasteiger partial charge in [-0.15, -0.1) is 0 Å². The predicted molar refractivity (Wildman–Crippen MR) is 99.9 cm³/mol. The minimum atomic E-state index is -0.716. The van der Waals surface area contributed by atoms with Crippen molar-refractivity contribution < 1.29 is 18.8 Å². The van der Waals surface area contributed by atoms with E-state index in [-0.39, 0.29) is 11.7 Å². The van der Waals surface area contributed by atoms with E-state index in [0.717, 1.165) is 5.56 Å². The molecule has 0 fully saturated rings. The van der Waals surface area contributed by atoms with Crippen molar-refractivity contribution in [2.75, 3.05) is 14.2 Å². The van der Waals surface area contributed by atoms with Crippen LogP contribution in [-0.2, 0) is 6.42 Å². The van der Waals surface area contributed by atoms with Gasteiger partial charge in [-0.05, 0) is 23.8 Å². The van der Waals surface area contributed by atoms with E-state index in [9.17, 15) is 10.1 Å². The highest BCUT2D eigenvalue weighted by Gasteiger charge is 2.20. The van der Waals surface area contributed by atoms with Gasteiger partial charge in [-0.1, -0.05) is 35.5 Å². The van der Waals surface area contributed by atoms with Gasteiger partial charge in [-0.25, -0.2) is 0 Å². The molecule has 8 nitrogen and oxygen atoms in total. The van der Waals surface area contributed by atoms with Gasteiger partial charge in [-0.2, -0.15) is 10.2 Å². The van der Waals surface area contributed by atoms with E-state index in [1.165, 1.54) is 14.2 Å². The molecule has 1 heterocycles. The fourth-order valence-corrected chi connectivity index (χ4v) is 2.61. The van der Waals surface area contributed by atoms with Gasteiger partial charge in [0.1, 0.15) is 6.04 Å². The molecule has 0 spiro atoms. The van der Waals surface area contributed by atoms with Crippen molar-refractivity contribution in [2.45, 2.75) is 12.5 Å². The molecule has 3 rings (SSSR count). The third-order valence-electron chi connectivity index (χ3n) is 4.01. The Balaban J connectivity index is 1.72. The fourth-order valence-electron chi connectivity index (χ4n) is 2.61.